The van der Waals surface area contributed by atoms with Crippen molar-refractivity contribution in [3.8, 4) is 0 Å². The molecule has 0 aliphatic heterocycles. The number of aromatic nitrogens is 2. The molecule has 1 aromatic carbocycles. The van der Waals surface area contributed by atoms with Gasteiger partial charge in [-0.05, 0) is 39.8 Å². The van der Waals surface area contributed by atoms with E-state index >= 15 is 0 Å². The number of nitrogens with zero attached hydrogens (tertiary/aromatic N) is 1. The molecular weight excluding hydrogens is 293 g/mol. The third kappa shape index (κ3) is 2.28. The van der Waals surface area contributed by atoms with Gasteiger partial charge in [0.25, 0.3) is 0 Å². The van der Waals surface area contributed by atoms with Gasteiger partial charge in [-0.3, -0.25) is 0 Å². The zero-order chi connectivity index (χ0) is 11.1. The van der Waals surface area contributed by atoms with Crippen molar-refractivity contribution in [2.24, 2.45) is 0 Å². The van der Waals surface area contributed by atoms with Gasteiger partial charge in [-0.15, -0.1) is 0 Å². The van der Waals surface area contributed by atoms with Crippen LogP contribution in [0.15, 0.2) is 27.8 Å². The van der Waals surface area contributed by atoms with Crippen molar-refractivity contribution in [1.29, 1.82) is 0 Å². The molecule has 0 aliphatic carbocycles. The molecule has 0 radical (unpaired) electrons. The first kappa shape index (κ1) is 10.8. The van der Waals surface area contributed by atoms with E-state index in [0.29, 0.717) is 15.5 Å². The summed E-state index contributed by atoms with van der Waals surface area (Å²) in [6, 6.07) is 3.24. The fourth-order valence-electron chi connectivity index (χ4n) is 1.17. The Hall–Kier alpha value is -0.690. The van der Waals surface area contributed by atoms with E-state index in [-0.39, 0.29) is 16.7 Å². The van der Waals surface area contributed by atoms with Crippen LogP contribution >= 0.6 is 27.7 Å². The topological polar surface area (TPSA) is 28.7 Å². The average Bonchev–Trinajstić information content (AvgIpc) is 2.56. The maximum atomic E-state index is 12.3. The summed E-state index contributed by atoms with van der Waals surface area (Å²) in [6.45, 7) is 0. The molecule has 0 fully saturated rings. The molecule has 2 aromatic rings. The van der Waals surface area contributed by atoms with Crippen molar-refractivity contribution in [2.75, 3.05) is 0 Å². The van der Waals surface area contributed by atoms with Crippen LogP contribution in [0.2, 0.25) is 0 Å². The molecule has 15 heavy (non-hydrogen) atoms. The van der Waals surface area contributed by atoms with Crippen molar-refractivity contribution < 1.29 is 13.2 Å². The molecular formula is C8H4BrF3N2S. The Morgan fingerprint density at radius 3 is 2.73 bits per heavy atom. The van der Waals surface area contributed by atoms with Gasteiger partial charge in [-0.25, -0.2) is 4.98 Å². The van der Waals surface area contributed by atoms with E-state index in [1.807, 2.05) is 0 Å². The lowest BCUT2D eigenvalue weighted by Crippen LogP contribution is -1.99. The quantitative estimate of drug-likeness (QED) is 0.808. The van der Waals surface area contributed by atoms with Gasteiger partial charge in [0.1, 0.15) is 5.52 Å². The highest BCUT2D eigenvalue weighted by molar-refractivity contribution is 9.10. The Kier molecular flexibility index (Phi) is 2.68. The zero-order valence-electron chi connectivity index (χ0n) is 7.10. The molecule has 2 nitrogen and oxygen atoms in total. The number of nitrogens with one attached hydrogen (secondary N) is 1. The van der Waals surface area contributed by atoms with E-state index in [1.54, 1.807) is 12.1 Å². The first-order valence-corrected chi connectivity index (χ1v) is 5.45. The second kappa shape index (κ2) is 3.71. The normalized spacial score (nSPS) is 12.3. The summed E-state index contributed by atoms with van der Waals surface area (Å²) in [6.07, 6.45) is 1.37. The van der Waals surface area contributed by atoms with Gasteiger partial charge in [0.2, 0.25) is 0 Å². The first-order valence-electron chi connectivity index (χ1n) is 3.85. The molecule has 0 aliphatic rings. The van der Waals surface area contributed by atoms with Crippen LogP contribution < -0.4 is 0 Å². The highest BCUT2D eigenvalue weighted by atomic mass is 79.9. The van der Waals surface area contributed by atoms with Crippen LogP contribution in [0.3, 0.4) is 0 Å². The van der Waals surface area contributed by atoms with Gasteiger partial charge >= 0.3 is 5.51 Å². The maximum Gasteiger partial charge on any atom is 0.446 e. The number of imidazole rings is 1. The minimum absolute atomic E-state index is 0.0845. The largest absolute Gasteiger partial charge is 0.446 e. The third-order valence-corrected chi connectivity index (χ3v) is 3.49. The molecule has 0 bridgehead atoms. The summed E-state index contributed by atoms with van der Waals surface area (Å²) in [7, 11) is 0. The number of hydrogen-bond acceptors (Lipinski definition) is 2. The summed E-state index contributed by atoms with van der Waals surface area (Å²) < 4.78 is 37.2. The maximum absolute atomic E-state index is 12.3. The lowest BCUT2D eigenvalue weighted by molar-refractivity contribution is -0.0327. The minimum Gasteiger partial charge on any atom is -0.345 e. The van der Waals surface area contributed by atoms with Crippen molar-refractivity contribution >= 4 is 38.7 Å². The van der Waals surface area contributed by atoms with E-state index in [4.69, 9.17) is 0 Å². The fraction of sp³-hybridized carbons (Fsp3) is 0.125. The highest BCUT2D eigenvalue weighted by Gasteiger charge is 2.31. The number of hydrogen-bond donors (Lipinski definition) is 1. The van der Waals surface area contributed by atoms with Crippen LogP contribution in [0, 0.1) is 0 Å². The summed E-state index contributed by atoms with van der Waals surface area (Å²) in [5.74, 6) is 0. The lowest BCUT2D eigenvalue weighted by atomic mass is 10.3. The van der Waals surface area contributed by atoms with Gasteiger partial charge in [0.15, 0.2) is 0 Å². The molecule has 80 valence electrons. The van der Waals surface area contributed by atoms with Gasteiger partial charge in [0.05, 0.1) is 16.7 Å². The first-order chi connectivity index (χ1) is 6.97. The number of fused-ring (bicyclic) bond motifs is 1. The van der Waals surface area contributed by atoms with Gasteiger partial charge < -0.3 is 4.98 Å². The van der Waals surface area contributed by atoms with Gasteiger partial charge in [-0.1, -0.05) is 0 Å². The second-order valence-electron chi connectivity index (χ2n) is 2.72. The van der Waals surface area contributed by atoms with Crippen LogP contribution in [-0.2, 0) is 0 Å². The number of thioether (sulfide) groups is 1. The van der Waals surface area contributed by atoms with Crippen molar-refractivity contribution in [1.82, 2.24) is 9.97 Å². The van der Waals surface area contributed by atoms with Crippen molar-refractivity contribution in [2.45, 2.75) is 10.4 Å². The van der Waals surface area contributed by atoms with E-state index in [9.17, 15) is 13.2 Å². The van der Waals surface area contributed by atoms with Gasteiger partial charge in [0, 0.05) is 4.47 Å². The summed E-state index contributed by atoms with van der Waals surface area (Å²) >= 11 is 2.91. The molecule has 0 unspecified atom stereocenters. The predicted molar refractivity (Wildman–Crippen MR) is 55.7 cm³/mol. The van der Waals surface area contributed by atoms with E-state index < -0.39 is 5.51 Å². The fourth-order valence-corrected chi connectivity index (χ4v) is 2.39. The van der Waals surface area contributed by atoms with E-state index in [2.05, 4.69) is 25.9 Å². The molecule has 0 amide bonds. The molecule has 1 N–H and O–H groups in total. The second-order valence-corrected chi connectivity index (χ2v) is 4.65. The molecule has 0 saturated heterocycles. The summed E-state index contributed by atoms with van der Waals surface area (Å²) in [5.41, 5.74) is -3.40. The van der Waals surface area contributed by atoms with Crippen LogP contribution in [0.4, 0.5) is 13.2 Å². The van der Waals surface area contributed by atoms with Crippen molar-refractivity contribution in [3.05, 3.63) is 22.9 Å². The zero-order valence-corrected chi connectivity index (χ0v) is 9.50. The Bertz CT molecular complexity index is 494. The Balaban J connectivity index is 2.56. The van der Waals surface area contributed by atoms with Gasteiger partial charge in [-0.2, -0.15) is 13.2 Å². The molecule has 1 aromatic heterocycles. The molecule has 7 heteroatoms. The Labute approximate surface area is 95.4 Å². The van der Waals surface area contributed by atoms with Crippen LogP contribution in [0.1, 0.15) is 0 Å². The third-order valence-electron chi connectivity index (χ3n) is 1.71. The average molecular weight is 297 g/mol. The summed E-state index contributed by atoms with van der Waals surface area (Å²) in [5, 5.41) is 0. The van der Waals surface area contributed by atoms with E-state index in [0.717, 1.165) is 0 Å². The molecule has 0 saturated carbocycles. The SMILES string of the molecule is FC(F)(F)Sc1c(Br)ccc2[nH]cnc12. The number of alkyl halides is 3. The molecule has 2 rings (SSSR count). The Morgan fingerprint density at radius 2 is 2.07 bits per heavy atom. The molecule has 0 spiro atoms. The monoisotopic (exact) mass is 296 g/mol. The number of H-pyrrole nitrogens is 1. The van der Waals surface area contributed by atoms with E-state index in [1.165, 1.54) is 6.33 Å². The number of rotatable bonds is 1. The number of halogens is 4. The molecule has 0 atom stereocenters. The Morgan fingerprint density at radius 1 is 1.33 bits per heavy atom. The lowest BCUT2D eigenvalue weighted by Gasteiger charge is -2.07. The van der Waals surface area contributed by atoms with Crippen molar-refractivity contribution in [3.63, 3.8) is 0 Å². The molecule has 1 heterocycles. The standard InChI is InChI=1S/C8H4BrF3N2S/c9-4-1-2-5-6(14-3-13-5)7(4)15-8(10,11)12/h1-3H,(H,13,14). The minimum atomic E-state index is -4.31. The van der Waals surface area contributed by atoms with Crippen LogP contribution in [0.25, 0.3) is 11.0 Å². The number of aromatic amines is 1. The smallest absolute Gasteiger partial charge is 0.345 e. The van der Waals surface area contributed by atoms with Crippen LogP contribution in [0.5, 0.6) is 0 Å². The predicted octanol–water partition coefficient (Wildman–Crippen LogP) is 3.94. The number of benzene rings is 1. The summed E-state index contributed by atoms with van der Waals surface area (Å²) in [4.78, 5) is 6.70. The highest BCUT2D eigenvalue weighted by Crippen LogP contribution is 2.43. The van der Waals surface area contributed by atoms with Crippen LogP contribution in [-0.4, -0.2) is 15.5 Å².